The number of carbonyl (C=O) groups is 2. The highest BCUT2D eigenvalue weighted by Crippen LogP contribution is 2.18. The van der Waals surface area contributed by atoms with Gasteiger partial charge in [-0.25, -0.2) is 9.97 Å². The number of nitrogens with zero attached hydrogens (tertiary/aromatic N) is 2. The largest absolute Gasteiger partial charge is 0.497 e. The molecular weight excluding hydrogens is 352 g/mol. The van der Waals surface area contributed by atoms with Crippen molar-refractivity contribution in [2.24, 2.45) is 0 Å². The van der Waals surface area contributed by atoms with E-state index < -0.39 is 0 Å². The van der Waals surface area contributed by atoms with Gasteiger partial charge in [-0.15, -0.1) is 11.3 Å². The van der Waals surface area contributed by atoms with Gasteiger partial charge in [-0.2, -0.15) is 0 Å². The fourth-order valence-corrected chi connectivity index (χ4v) is 2.75. The average molecular weight is 368 g/mol. The molecule has 3 aromatic rings. The molecule has 2 N–H and O–H groups in total. The Kier molecular flexibility index (Phi) is 5.23. The summed E-state index contributed by atoms with van der Waals surface area (Å²) in [5, 5.41) is 7.26. The number of carbonyl (C=O) groups excluding carboxylic acids is 2. The number of pyridine rings is 1. The van der Waals surface area contributed by atoms with Gasteiger partial charge in [0, 0.05) is 17.1 Å². The molecule has 0 atom stereocenters. The molecule has 0 unspecified atom stereocenters. The number of ether oxygens (including phenoxy) is 1. The first kappa shape index (κ1) is 17.6. The minimum Gasteiger partial charge on any atom is -0.497 e. The van der Waals surface area contributed by atoms with Crippen LogP contribution in [0, 0.1) is 6.92 Å². The van der Waals surface area contributed by atoms with Crippen LogP contribution in [-0.2, 0) is 0 Å². The molecule has 2 aromatic heterocycles. The van der Waals surface area contributed by atoms with Crippen LogP contribution in [-0.4, -0.2) is 28.9 Å². The number of amides is 2. The van der Waals surface area contributed by atoms with E-state index in [2.05, 4.69) is 20.6 Å². The molecule has 0 aliphatic rings. The lowest BCUT2D eigenvalue weighted by molar-refractivity contribution is 0.101. The maximum atomic E-state index is 12.2. The first-order chi connectivity index (χ1) is 12.5. The number of anilines is 2. The third-order valence-corrected chi connectivity index (χ3v) is 4.22. The molecule has 1 aromatic carbocycles. The summed E-state index contributed by atoms with van der Waals surface area (Å²) in [6.07, 6.45) is 1.66. The van der Waals surface area contributed by atoms with Gasteiger partial charge in [0.1, 0.15) is 17.3 Å². The summed E-state index contributed by atoms with van der Waals surface area (Å²) in [6.45, 7) is 1.91. The van der Waals surface area contributed by atoms with E-state index in [1.165, 1.54) is 11.3 Å². The first-order valence-electron chi connectivity index (χ1n) is 7.70. The second kappa shape index (κ2) is 7.75. The van der Waals surface area contributed by atoms with Crippen LogP contribution in [0.15, 0.2) is 48.0 Å². The highest BCUT2D eigenvalue weighted by Gasteiger charge is 2.14. The molecule has 0 bridgehead atoms. The van der Waals surface area contributed by atoms with Crippen molar-refractivity contribution in [3.05, 3.63) is 64.8 Å². The van der Waals surface area contributed by atoms with Crippen LogP contribution >= 0.6 is 11.3 Å². The Labute approximate surface area is 154 Å². The molecule has 2 heterocycles. The Hall–Kier alpha value is -3.26. The molecule has 0 saturated carbocycles. The summed E-state index contributed by atoms with van der Waals surface area (Å²) >= 11 is 1.17. The number of aryl methyl sites for hydroxylation is 1. The third kappa shape index (κ3) is 4.22. The minimum atomic E-state index is -0.387. The van der Waals surface area contributed by atoms with Gasteiger partial charge in [0.2, 0.25) is 0 Å². The Morgan fingerprint density at radius 1 is 1.04 bits per heavy atom. The van der Waals surface area contributed by atoms with Gasteiger partial charge >= 0.3 is 0 Å². The van der Waals surface area contributed by atoms with Crippen LogP contribution in [0.1, 0.15) is 26.4 Å². The SMILES string of the molecule is COc1ccc(C(=O)Nc2nc(C(=O)Nc3ccc(C)cn3)cs2)cc1. The van der Waals surface area contributed by atoms with Crippen LogP contribution in [0.3, 0.4) is 0 Å². The van der Waals surface area contributed by atoms with E-state index in [1.807, 2.05) is 13.0 Å². The summed E-state index contributed by atoms with van der Waals surface area (Å²) in [4.78, 5) is 32.7. The van der Waals surface area contributed by atoms with Crippen molar-refractivity contribution in [1.82, 2.24) is 9.97 Å². The zero-order valence-corrected chi connectivity index (χ0v) is 15.0. The number of rotatable bonds is 5. The summed E-state index contributed by atoms with van der Waals surface area (Å²) in [7, 11) is 1.56. The highest BCUT2D eigenvalue weighted by atomic mass is 32.1. The van der Waals surface area contributed by atoms with E-state index in [0.29, 0.717) is 22.3 Å². The van der Waals surface area contributed by atoms with E-state index in [9.17, 15) is 9.59 Å². The maximum Gasteiger partial charge on any atom is 0.276 e. The summed E-state index contributed by atoms with van der Waals surface area (Å²) in [5.41, 5.74) is 1.68. The van der Waals surface area contributed by atoms with Gasteiger partial charge in [-0.3, -0.25) is 14.9 Å². The molecule has 132 valence electrons. The predicted octanol–water partition coefficient (Wildman–Crippen LogP) is 3.36. The molecule has 2 amide bonds. The van der Waals surface area contributed by atoms with Crippen molar-refractivity contribution in [3.63, 3.8) is 0 Å². The number of hydrogen-bond acceptors (Lipinski definition) is 6. The topological polar surface area (TPSA) is 93.2 Å². The molecule has 0 aliphatic carbocycles. The van der Waals surface area contributed by atoms with Crippen molar-refractivity contribution in [1.29, 1.82) is 0 Å². The second-order valence-corrected chi connectivity index (χ2v) is 6.25. The third-order valence-electron chi connectivity index (χ3n) is 3.46. The first-order valence-corrected chi connectivity index (χ1v) is 8.58. The fraction of sp³-hybridized carbons (Fsp3) is 0.111. The lowest BCUT2D eigenvalue weighted by atomic mass is 10.2. The lowest BCUT2D eigenvalue weighted by Gasteiger charge is -2.03. The predicted molar refractivity (Wildman–Crippen MR) is 100.0 cm³/mol. The maximum absolute atomic E-state index is 12.2. The summed E-state index contributed by atoms with van der Waals surface area (Å²) < 4.78 is 5.06. The van der Waals surface area contributed by atoms with Gasteiger partial charge in [0.05, 0.1) is 7.11 Å². The second-order valence-electron chi connectivity index (χ2n) is 5.40. The standard InChI is InChI=1S/C18H16N4O3S/c1-11-3-8-15(19-9-11)21-17(24)14-10-26-18(20-14)22-16(23)12-4-6-13(25-2)7-5-12/h3-10H,1-2H3,(H,19,21,24)(H,20,22,23). The summed E-state index contributed by atoms with van der Waals surface area (Å²) in [6, 6.07) is 10.3. The van der Waals surface area contributed by atoms with E-state index in [0.717, 1.165) is 5.56 Å². The molecule has 0 aliphatic heterocycles. The molecule has 0 radical (unpaired) electrons. The number of nitrogens with one attached hydrogen (secondary N) is 2. The molecule has 0 saturated heterocycles. The number of aromatic nitrogens is 2. The minimum absolute atomic E-state index is 0.211. The quantitative estimate of drug-likeness (QED) is 0.720. The van der Waals surface area contributed by atoms with Crippen LogP contribution in [0.2, 0.25) is 0 Å². The van der Waals surface area contributed by atoms with Crippen LogP contribution in [0.4, 0.5) is 10.9 Å². The molecule has 26 heavy (non-hydrogen) atoms. The van der Waals surface area contributed by atoms with Gasteiger partial charge < -0.3 is 10.1 Å². The van der Waals surface area contributed by atoms with Crippen molar-refractivity contribution in [2.45, 2.75) is 6.92 Å². The van der Waals surface area contributed by atoms with Gasteiger partial charge in [-0.1, -0.05) is 6.07 Å². The summed E-state index contributed by atoms with van der Waals surface area (Å²) in [5.74, 6) is 0.411. The van der Waals surface area contributed by atoms with Crippen LogP contribution in [0.5, 0.6) is 5.75 Å². The van der Waals surface area contributed by atoms with Crippen molar-refractivity contribution < 1.29 is 14.3 Å². The van der Waals surface area contributed by atoms with E-state index in [1.54, 1.807) is 49.0 Å². The van der Waals surface area contributed by atoms with Gasteiger partial charge in [0.15, 0.2) is 5.13 Å². The lowest BCUT2D eigenvalue weighted by Crippen LogP contribution is -2.14. The fourth-order valence-electron chi connectivity index (χ4n) is 2.07. The van der Waals surface area contributed by atoms with Gasteiger partial charge in [-0.05, 0) is 42.8 Å². The van der Waals surface area contributed by atoms with E-state index in [4.69, 9.17) is 4.74 Å². The Morgan fingerprint density at radius 2 is 1.81 bits per heavy atom. The molecule has 7 nitrogen and oxygen atoms in total. The van der Waals surface area contributed by atoms with Crippen LogP contribution in [0.25, 0.3) is 0 Å². The molecular formula is C18H16N4O3S. The molecule has 3 rings (SSSR count). The zero-order valence-electron chi connectivity index (χ0n) is 14.1. The number of hydrogen-bond donors (Lipinski definition) is 2. The number of methoxy groups -OCH3 is 1. The van der Waals surface area contributed by atoms with Crippen molar-refractivity contribution in [2.75, 3.05) is 17.7 Å². The Bertz CT molecular complexity index is 920. The van der Waals surface area contributed by atoms with E-state index in [-0.39, 0.29) is 17.5 Å². The normalized spacial score (nSPS) is 10.2. The molecule has 0 spiro atoms. The number of benzene rings is 1. The average Bonchev–Trinajstić information content (AvgIpc) is 3.12. The van der Waals surface area contributed by atoms with Crippen molar-refractivity contribution >= 4 is 34.1 Å². The smallest absolute Gasteiger partial charge is 0.276 e. The molecule has 0 fully saturated rings. The Balaban J connectivity index is 1.64. The monoisotopic (exact) mass is 368 g/mol. The molecule has 8 heteroatoms. The highest BCUT2D eigenvalue weighted by molar-refractivity contribution is 7.14. The zero-order chi connectivity index (χ0) is 18.5. The van der Waals surface area contributed by atoms with Crippen molar-refractivity contribution in [3.8, 4) is 5.75 Å². The Morgan fingerprint density at radius 3 is 2.46 bits per heavy atom. The number of thiazole rings is 1. The van der Waals surface area contributed by atoms with Crippen LogP contribution < -0.4 is 15.4 Å². The van der Waals surface area contributed by atoms with E-state index >= 15 is 0 Å². The van der Waals surface area contributed by atoms with Gasteiger partial charge in [0.25, 0.3) is 11.8 Å².